The Balaban J connectivity index is 1.35. The Morgan fingerprint density at radius 2 is 1.04 bits per heavy atom. The minimum atomic E-state index is -1.37. The van der Waals surface area contributed by atoms with Crippen molar-refractivity contribution in [1.29, 1.82) is 0 Å². The molecule has 5 aromatic carbocycles. The predicted octanol–water partition coefficient (Wildman–Crippen LogP) is 6.40. The van der Waals surface area contributed by atoms with Crippen LogP contribution in [-0.4, -0.2) is 29.9 Å². The number of aliphatic hydroxyl groups is 1. The molecule has 0 amide bonds. The normalized spacial score (nSPS) is 15.3. The van der Waals surface area contributed by atoms with Gasteiger partial charge >= 0.3 is 5.97 Å². The van der Waals surface area contributed by atoms with Gasteiger partial charge in [-0.2, -0.15) is 0 Å². The number of esters is 1. The molecule has 0 bridgehead atoms. The summed E-state index contributed by atoms with van der Waals surface area (Å²) in [5.74, 6) is -1.37. The second-order valence-corrected chi connectivity index (χ2v) is 13.9. The van der Waals surface area contributed by atoms with Gasteiger partial charge in [0.2, 0.25) is 5.76 Å². The zero-order chi connectivity index (χ0) is 30.8. The zero-order valence-corrected chi connectivity index (χ0v) is 26.2. The summed E-state index contributed by atoms with van der Waals surface area (Å²) in [7, 11) is -2.61. The number of aliphatic hydroxyl groups excluding tert-OH is 1. The molecule has 226 valence electrons. The molecule has 1 aliphatic rings. The van der Waals surface area contributed by atoms with E-state index in [4.69, 9.17) is 18.5 Å². The summed E-state index contributed by atoms with van der Waals surface area (Å²) >= 11 is 0. The Kier molecular flexibility index (Phi) is 10.3. The number of benzene rings is 5. The van der Waals surface area contributed by atoms with Crippen molar-refractivity contribution in [2.75, 3.05) is 6.61 Å². The van der Waals surface area contributed by atoms with Crippen molar-refractivity contribution in [3.05, 3.63) is 169 Å². The van der Waals surface area contributed by atoms with Gasteiger partial charge in [0.25, 0.3) is 0 Å². The van der Waals surface area contributed by atoms with E-state index in [1.165, 1.54) is 0 Å². The number of hydrogen-bond donors (Lipinski definition) is 1. The number of rotatable bonds is 13. The molecule has 0 fully saturated rings. The Morgan fingerprint density at radius 3 is 1.51 bits per heavy atom. The van der Waals surface area contributed by atoms with Crippen LogP contribution in [0.1, 0.15) is 5.56 Å². The lowest BCUT2D eigenvalue weighted by Crippen LogP contribution is -2.37. The number of ether oxygens (including phenoxy) is 2. The highest BCUT2D eigenvalue weighted by atomic mass is 31.1. The average Bonchev–Trinajstić information content (AvgIpc) is 3.39. The van der Waals surface area contributed by atoms with Crippen LogP contribution in [0.4, 0.5) is 0 Å². The van der Waals surface area contributed by atoms with E-state index in [2.05, 4.69) is 0 Å². The minimum absolute atomic E-state index is 0.0391. The third kappa shape index (κ3) is 7.68. The molecule has 2 atom stereocenters. The first-order valence-corrected chi connectivity index (χ1v) is 17.1. The van der Waals surface area contributed by atoms with E-state index in [1.54, 1.807) is 0 Å². The minimum Gasteiger partial charge on any atom is -0.499 e. The van der Waals surface area contributed by atoms with Gasteiger partial charge in [-0.15, -0.1) is 0 Å². The Hall–Kier alpha value is -4.31. The molecule has 0 saturated heterocycles. The Morgan fingerprint density at radius 1 is 0.622 bits per heavy atom. The Bertz CT molecular complexity index is 1610. The van der Waals surface area contributed by atoms with E-state index in [9.17, 15) is 9.90 Å². The molecule has 0 aliphatic carbocycles. The molecule has 5 aromatic rings. The largest absolute Gasteiger partial charge is 0.499 e. The van der Waals surface area contributed by atoms with Gasteiger partial charge in [0.15, 0.2) is 11.9 Å². The maximum absolute atomic E-state index is 12.8. The monoisotopic (exact) mass is 634 g/mol. The van der Waals surface area contributed by atoms with Crippen LogP contribution in [0, 0.1) is 0 Å². The van der Waals surface area contributed by atoms with Gasteiger partial charge in [0.1, 0.15) is 12.7 Å². The summed E-state index contributed by atoms with van der Waals surface area (Å²) in [5, 5.41) is 14.9. The number of cyclic esters (lactones) is 1. The second kappa shape index (κ2) is 15.1. The topological polar surface area (TPSA) is 74.2 Å². The van der Waals surface area contributed by atoms with E-state index in [0.29, 0.717) is 0 Å². The van der Waals surface area contributed by atoms with E-state index in [-0.39, 0.29) is 19.0 Å². The molecule has 1 aliphatic heterocycles. The third-order valence-electron chi connectivity index (χ3n) is 7.07. The summed E-state index contributed by atoms with van der Waals surface area (Å²) in [6.07, 6.45) is -1.84. The Labute approximate surface area is 265 Å². The molecule has 0 aromatic heterocycles. The quantitative estimate of drug-likeness (QED) is 0.120. The molecule has 6 nitrogen and oxygen atoms in total. The van der Waals surface area contributed by atoms with Gasteiger partial charge in [-0.25, -0.2) is 4.79 Å². The maximum Gasteiger partial charge on any atom is 0.378 e. The van der Waals surface area contributed by atoms with Gasteiger partial charge < -0.3 is 23.6 Å². The van der Waals surface area contributed by atoms with Crippen LogP contribution in [-0.2, 0) is 29.9 Å². The average molecular weight is 635 g/mol. The molecule has 0 unspecified atom stereocenters. The first-order chi connectivity index (χ1) is 22.2. The van der Waals surface area contributed by atoms with E-state index in [0.717, 1.165) is 26.8 Å². The fourth-order valence-electron chi connectivity index (χ4n) is 4.87. The van der Waals surface area contributed by atoms with Crippen LogP contribution < -0.4 is 21.2 Å². The van der Waals surface area contributed by atoms with E-state index < -0.39 is 40.2 Å². The molecular weight excluding hydrogens is 602 g/mol. The first-order valence-electron chi connectivity index (χ1n) is 14.6. The highest BCUT2D eigenvalue weighted by molar-refractivity contribution is 7.69. The van der Waals surface area contributed by atoms with Crippen LogP contribution in [0.3, 0.4) is 0 Å². The fraction of sp³-hybridized carbons (Fsp3) is 0.108. The van der Waals surface area contributed by atoms with Gasteiger partial charge in [0, 0.05) is 21.2 Å². The standard InChI is InChI=1S/C37H32O6P2/c38-34-36(40-26-28-16-6-1-7-17-28)35(42-37(34)39)33(43-45(31-22-12-4-13-23-31)32-24-14-5-15-25-32)27-41-44(29-18-8-2-9-19-29)30-20-10-3-11-21-30/h1-25,33,35,38H,26-27H2/t33-,35+/m0/s1. The van der Waals surface area contributed by atoms with Crippen molar-refractivity contribution in [2.45, 2.75) is 18.8 Å². The predicted molar refractivity (Wildman–Crippen MR) is 180 cm³/mol. The van der Waals surface area contributed by atoms with Gasteiger partial charge in [0.05, 0.1) is 22.9 Å². The van der Waals surface area contributed by atoms with Gasteiger partial charge in [-0.05, 0) is 5.56 Å². The van der Waals surface area contributed by atoms with Crippen molar-refractivity contribution in [3.8, 4) is 0 Å². The molecule has 0 spiro atoms. The van der Waals surface area contributed by atoms with E-state index >= 15 is 0 Å². The van der Waals surface area contributed by atoms with Crippen molar-refractivity contribution >= 4 is 43.5 Å². The first kappa shape index (κ1) is 30.7. The summed E-state index contributed by atoms with van der Waals surface area (Å²) in [4.78, 5) is 12.8. The van der Waals surface area contributed by atoms with Gasteiger partial charge in [-0.3, -0.25) is 0 Å². The highest BCUT2D eigenvalue weighted by Crippen LogP contribution is 2.42. The second-order valence-electron chi connectivity index (χ2n) is 10.2. The van der Waals surface area contributed by atoms with Crippen molar-refractivity contribution in [2.24, 2.45) is 0 Å². The lowest BCUT2D eigenvalue weighted by Gasteiger charge is -2.30. The van der Waals surface area contributed by atoms with Crippen molar-refractivity contribution in [3.63, 3.8) is 0 Å². The summed E-state index contributed by atoms with van der Waals surface area (Å²) in [6.45, 7) is 0.214. The number of hydrogen-bond acceptors (Lipinski definition) is 6. The smallest absolute Gasteiger partial charge is 0.378 e. The number of carbonyl (C=O) groups is 1. The van der Waals surface area contributed by atoms with Crippen LogP contribution in [0.5, 0.6) is 0 Å². The zero-order valence-electron chi connectivity index (χ0n) is 24.4. The molecule has 1 N–H and O–H groups in total. The molecular formula is C37H32O6P2. The SMILES string of the molecule is O=C1O[C@H]([C@H](COP(c2ccccc2)c2ccccc2)OP(c2ccccc2)c2ccccc2)C(OCc2ccccc2)=C1O. The molecule has 6 rings (SSSR count). The molecule has 45 heavy (non-hydrogen) atoms. The van der Waals surface area contributed by atoms with Crippen molar-refractivity contribution in [1.82, 2.24) is 0 Å². The highest BCUT2D eigenvalue weighted by Gasteiger charge is 2.44. The third-order valence-corrected chi connectivity index (χ3v) is 11.0. The van der Waals surface area contributed by atoms with Crippen LogP contribution in [0.15, 0.2) is 163 Å². The fourth-order valence-corrected chi connectivity index (χ4v) is 8.52. The van der Waals surface area contributed by atoms with E-state index in [1.807, 2.05) is 152 Å². The summed E-state index contributed by atoms with van der Waals surface area (Å²) < 4.78 is 25.6. The van der Waals surface area contributed by atoms with Gasteiger partial charge in [-0.1, -0.05) is 152 Å². The van der Waals surface area contributed by atoms with Crippen LogP contribution >= 0.6 is 16.3 Å². The molecule has 1 heterocycles. The number of carbonyl (C=O) groups excluding carboxylic acids is 1. The lowest BCUT2D eigenvalue weighted by molar-refractivity contribution is -0.146. The van der Waals surface area contributed by atoms with Crippen LogP contribution in [0.2, 0.25) is 0 Å². The summed E-state index contributed by atoms with van der Waals surface area (Å²) in [5.41, 5.74) is 0.886. The van der Waals surface area contributed by atoms with Crippen LogP contribution in [0.25, 0.3) is 0 Å². The molecule has 8 heteroatoms. The lowest BCUT2D eigenvalue weighted by atomic mass is 10.2. The molecule has 0 radical (unpaired) electrons. The maximum atomic E-state index is 12.8. The molecule has 0 saturated carbocycles. The summed E-state index contributed by atoms with van der Waals surface area (Å²) in [6, 6.07) is 49.6. The van der Waals surface area contributed by atoms with Crippen molar-refractivity contribution < 1.29 is 28.4 Å².